The number of nitrogens with zero attached hydrogens (tertiary/aromatic N) is 3. The van der Waals surface area contributed by atoms with Crippen molar-refractivity contribution in [2.75, 3.05) is 33.2 Å². The normalized spacial score (nSPS) is 20.8. The Balaban J connectivity index is 1.37. The summed E-state index contributed by atoms with van der Waals surface area (Å²) in [6, 6.07) is 9.17. The Labute approximate surface area is 216 Å². The van der Waals surface area contributed by atoms with Crippen LogP contribution in [0.4, 0.5) is 0 Å². The molecule has 2 aliphatic rings. The first kappa shape index (κ1) is 26.4. The quantitative estimate of drug-likeness (QED) is 0.586. The SMILES string of the molecule is CC(=O)NC1CCCN(C(=O)CCN2CC[C@H](N(C)S(=O)(=O)c3ccc4cc(Cl)ccc4c3)C2=O)C1. The van der Waals surface area contributed by atoms with Gasteiger partial charge in [-0.15, -0.1) is 0 Å². The zero-order valence-corrected chi connectivity index (χ0v) is 22.0. The van der Waals surface area contributed by atoms with E-state index >= 15 is 0 Å². The molecule has 2 aromatic carbocycles. The third kappa shape index (κ3) is 5.66. The zero-order chi connectivity index (χ0) is 26.0. The first-order chi connectivity index (χ1) is 17.1. The molecule has 0 radical (unpaired) electrons. The molecule has 3 amide bonds. The van der Waals surface area contributed by atoms with E-state index in [1.807, 2.05) is 0 Å². The smallest absolute Gasteiger partial charge is 0.243 e. The molecule has 11 heteroatoms. The largest absolute Gasteiger partial charge is 0.352 e. The lowest BCUT2D eigenvalue weighted by Gasteiger charge is -2.33. The molecule has 2 heterocycles. The minimum Gasteiger partial charge on any atom is -0.352 e. The number of carbonyl (C=O) groups excluding carboxylic acids is 3. The predicted octanol–water partition coefficient (Wildman–Crippen LogP) is 2.23. The van der Waals surface area contributed by atoms with E-state index in [1.54, 1.807) is 40.1 Å². The molecule has 0 aliphatic carbocycles. The van der Waals surface area contributed by atoms with Crippen molar-refractivity contribution in [3.8, 4) is 0 Å². The summed E-state index contributed by atoms with van der Waals surface area (Å²) in [6.45, 7) is 3.18. The van der Waals surface area contributed by atoms with Gasteiger partial charge in [-0.2, -0.15) is 4.31 Å². The molecular formula is C25H31ClN4O5S. The van der Waals surface area contributed by atoms with Crippen LogP contribution in [0.25, 0.3) is 10.8 Å². The summed E-state index contributed by atoms with van der Waals surface area (Å²) in [5, 5.41) is 5.00. The van der Waals surface area contributed by atoms with E-state index < -0.39 is 16.1 Å². The molecule has 194 valence electrons. The maximum atomic E-state index is 13.3. The van der Waals surface area contributed by atoms with E-state index in [-0.39, 0.29) is 41.6 Å². The first-order valence-corrected chi connectivity index (χ1v) is 13.9. The van der Waals surface area contributed by atoms with Crippen LogP contribution in [0.15, 0.2) is 41.3 Å². The summed E-state index contributed by atoms with van der Waals surface area (Å²) < 4.78 is 27.7. The maximum Gasteiger partial charge on any atom is 0.243 e. The fourth-order valence-corrected chi connectivity index (χ4v) is 6.53. The van der Waals surface area contributed by atoms with Gasteiger partial charge in [-0.25, -0.2) is 8.42 Å². The van der Waals surface area contributed by atoms with E-state index in [4.69, 9.17) is 11.6 Å². The first-order valence-electron chi connectivity index (χ1n) is 12.1. The molecule has 0 spiro atoms. The Morgan fingerprint density at radius 2 is 1.83 bits per heavy atom. The molecule has 9 nitrogen and oxygen atoms in total. The molecule has 0 saturated carbocycles. The predicted molar refractivity (Wildman–Crippen MR) is 137 cm³/mol. The van der Waals surface area contributed by atoms with E-state index in [0.29, 0.717) is 31.1 Å². The minimum absolute atomic E-state index is 0.0519. The van der Waals surface area contributed by atoms with Gasteiger partial charge in [0, 0.05) is 57.6 Å². The number of halogens is 1. The van der Waals surface area contributed by atoms with Gasteiger partial charge in [0.05, 0.1) is 4.90 Å². The molecule has 36 heavy (non-hydrogen) atoms. The number of nitrogens with one attached hydrogen (secondary N) is 1. The average molecular weight is 535 g/mol. The van der Waals surface area contributed by atoms with Gasteiger partial charge in [-0.3, -0.25) is 14.4 Å². The fourth-order valence-electron chi connectivity index (χ4n) is 4.97. The van der Waals surface area contributed by atoms with Crippen LogP contribution in [-0.2, 0) is 24.4 Å². The summed E-state index contributed by atoms with van der Waals surface area (Å²) in [5.41, 5.74) is 0. The number of piperidine rings is 1. The van der Waals surface area contributed by atoms with E-state index in [0.717, 1.165) is 27.9 Å². The molecule has 0 bridgehead atoms. The number of hydrogen-bond acceptors (Lipinski definition) is 5. The third-order valence-corrected chi connectivity index (χ3v) is 9.03. The highest BCUT2D eigenvalue weighted by molar-refractivity contribution is 7.89. The standard InChI is InChI=1S/C25H31ClN4O5S/c1-17(31)27-21-4-3-11-30(16-21)24(32)10-13-29-12-9-23(25(29)33)28(2)36(34,35)22-8-6-18-14-20(26)7-5-19(18)15-22/h5-8,14-15,21,23H,3-4,9-13,16H2,1-2H3,(H,27,31)/t21?,23-/m0/s1. The number of benzene rings is 2. The number of likely N-dealkylation sites (N-methyl/N-ethyl adjacent to an activating group) is 1. The summed E-state index contributed by atoms with van der Waals surface area (Å²) in [7, 11) is -2.48. The number of likely N-dealkylation sites (tertiary alicyclic amines) is 2. The van der Waals surface area contributed by atoms with Crippen molar-refractivity contribution in [3.05, 3.63) is 41.4 Å². The van der Waals surface area contributed by atoms with Gasteiger partial charge >= 0.3 is 0 Å². The molecule has 2 fully saturated rings. The van der Waals surface area contributed by atoms with Crippen molar-refractivity contribution in [1.29, 1.82) is 0 Å². The number of fused-ring (bicyclic) bond motifs is 1. The van der Waals surface area contributed by atoms with E-state index in [2.05, 4.69) is 5.32 Å². The van der Waals surface area contributed by atoms with Gasteiger partial charge in [-0.1, -0.05) is 23.7 Å². The molecule has 1 unspecified atom stereocenters. The van der Waals surface area contributed by atoms with Crippen LogP contribution in [0.5, 0.6) is 0 Å². The van der Waals surface area contributed by atoms with Gasteiger partial charge in [0.15, 0.2) is 0 Å². The highest BCUT2D eigenvalue weighted by Crippen LogP contribution is 2.27. The second kappa shape index (κ2) is 10.7. The molecule has 1 N–H and O–H groups in total. The minimum atomic E-state index is -3.90. The molecule has 2 atom stereocenters. The average Bonchev–Trinajstić information content (AvgIpc) is 3.21. The van der Waals surface area contributed by atoms with Gasteiger partial charge in [-0.05, 0) is 54.3 Å². The Morgan fingerprint density at radius 1 is 1.11 bits per heavy atom. The van der Waals surface area contributed by atoms with Crippen LogP contribution in [0.1, 0.15) is 32.6 Å². The van der Waals surface area contributed by atoms with Gasteiger partial charge in [0.1, 0.15) is 6.04 Å². The van der Waals surface area contributed by atoms with Crippen molar-refractivity contribution in [1.82, 2.24) is 19.4 Å². The highest BCUT2D eigenvalue weighted by atomic mass is 35.5. The second-order valence-corrected chi connectivity index (χ2v) is 11.9. The fraction of sp³-hybridized carbons (Fsp3) is 0.480. The van der Waals surface area contributed by atoms with Crippen LogP contribution < -0.4 is 5.32 Å². The maximum absolute atomic E-state index is 13.3. The van der Waals surface area contributed by atoms with E-state index in [1.165, 1.54) is 20.0 Å². The molecule has 2 aliphatic heterocycles. The summed E-state index contributed by atoms with van der Waals surface area (Å²) >= 11 is 6.02. The summed E-state index contributed by atoms with van der Waals surface area (Å²) in [6.07, 6.45) is 2.17. The van der Waals surface area contributed by atoms with Gasteiger partial charge in [0.25, 0.3) is 0 Å². The lowest BCUT2D eigenvalue weighted by atomic mass is 10.1. The number of amides is 3. The Hall–Kier alpha value is -2.69. The molecule has 2 saturated heterocycles. The Bertz CT molecular complexity index is 1280. The van der Waals surface area contributed by atoms with Crippen molar-refractivity contribution in [2.24, 2.45) is 0 Å². The molecule has 0 aromatic heterocycles. The highest BCUT2D eigenvalue weighted by Gasteiger charge is 2.40. The van der Waals surface area contributed by atoms with Crippen LogP contribution in [-0.4, -0.2) is 85.6 Å². The summed E-state index contributed by atoms with van der Waals surface area (Å²) in [5.74, 6) is -0.482. The van der Waals surface area contributed by atoms with Crippen LogP contribution in [0.2, 0.25) is 5.02 Å². The van der Waals surface area contributed by atoms with Crippen molar-refractivity contribution in [3.63, 3.8) is 0 Å². The Kier molecular flexibility index (Phi) is 7.87. The molecule has 4 rings (SSSR count). The molecule has 2 aromatic rings. The van der Waals surface area contributed by atoms with Crippen LogP contribution >= 0.6 is 11.6 Å². The zero-order valence-electron chi connectivity index (χ0n) is 20.4. The van der Waals surface area contributed by atoms with Gasteiger partial charge < -0.3 is 15.1 Å². The van der Waals surface area contributed by atoms with Crippen molar-refractivity contribution in [2.45, 2.75) is 49.6 Å². The van der Waals surface area contributed by atoms with E-state index in [9.17, 15) is 22.8 Å². The van der Waals surface area contributed by atoms with Gasteiger partial charge in [0.2, 0.25) is 27.7 Å². The Morgan fingerprint density at radius 3 is 2.58 bits per heavy atom. The monoisotopic (exact) mass is 534 g/mol. The number of sulfonamides is 1. The van der Waals surface area contributed by atoms with Crippen LogP contribution in [0.3, 0.4) is 0 Å². The lowest BCUT2D eigenvalue weighted by Crippen LogP contribution is -2.49. The topological polar surface area (TPSA) is 107 Å². The summed E-state index contributed by atoms with van der Waals surface area (Å²) in [4.78, 5) is 40.5. The van der Waals surface area contributed by atoms with Crippen molar-refractivity contribution < 1.29 is 22.8 Å². The lowest BCUT2D eigenvalue weighted by molar-refractivity contribution is -0.135. The third-order valence-electron chi connectivity index (χ3n) is 6.94. The number of rotatable bonds is 7. The molecular weight excluding hydrogens is 504 g/mol. The second-order valence-electron chi connectivity index (χ2n) is 9.43. The van der Waals surface area contributed by atoms with Crippen molar-refractivity contribution >= 4 is 50.1 Å². The van der Waals surface area contributed by atoms with Crippen LogP contribution in [0, 0.1) is 0 Å². The number of carbonyl (C=O) groups is 3. The number of hydrogen-bond donors (Lipinski definition) is 1.